The molecule has 6 nitrogen and oxygen atoms in total. The van der Waals surface area contributed by atoms with Crippen LogP contribution in [0.4, 0.5) is 10.5 Å². The molecule has 0 aromatic heterocycles. The number of carbonyl (C=O) groups excluding carboxylic acids is 3. The maximum atomic E-state index is 12.9. The molecule has 1 saturated heterocycles. The molecule has 1 aromatic carbocycles. The first kappa shape index (κ1) is 15.3. The molecule has 1 spiro atoms. The number of amides is 4. The van der Waals surface area contributed by atoms with Crippen LogP contribution in [0.25, 0.3) is 0 Å². The van der Waals surface area contributed by atoms with E-state index in [9.17, 15) is 14.4 Å². The first-order chi connectivity index (χ1) is 10.9. The van der Waals surface area contributed by atoms with Crippen molar-refractivity contribution in [2.45, 2.75) is 13.3 Å². The van der Waals surface area contributed by atoms with Gasteiger partial charge in [0, 0.05) is 25.8 Å². The predicted octanol–water partition coefficient (Wildman–Crippen LogP) is 1.24. The molecule has 120 valence electrons. The van der Waals surface area contributed by atoms with Gasteiger partial charge < -0.3 is 4.90 Å². The number of nitrogens with one attached hydrogen (secondary N) is 1. The summed E-state index contributed by atoms with van der Waals surface area (Å²) in [5.41, 5.74) is 1.74. The molecule has 0 saturated carbocycles. The second kappa shape index (κ2) is 5.22. The number of urea groups is 1. The van der Waals surface area contributed by atoms with Gasteiger partial charge in [0.25, 0.3) is 0 Å². The second-order valence-electron chi connectivity index (χ2n) is 6.21. The molecule has 4 amide bonds. The molecule has 0 aliphatic carbocycles. The smallest absolute Gasteiger partial charge is 0.331 e. The molecular weight excluding hydrogens is 294 g/mol. The zero-order valence-electron chi connectivity index (χ0n) is 13.3. The van der Waals surface area contributed by atoms with Crippen molar-refractivity contribution in [2.24, 2.45) is 5.41 Å². The quantitative estimate of drug-likeness (QED) is 0.659. The molecule has 2 heterocycles. The van der Waals surface area contributed by atoms with Crippen molar-refractivity contribution in [1.82, 2.24) is 10.2 Å². The minimum absolute atomic E-state index is 0.0874. The number of nitrogens with zero attached hydrogens (tertiary/aromatic N) is 2. The van der Waals surface area contributed by atoms with Gasteiger partial charge in [0.15, 0.2) is 0 Å². The van der Waals surface area contributed by atoms with Crippen LogP contribution >= 0.6 is 0 Å². The highest BCUT2D eigenvalue weighted by molar-refractivity contribution is 6.20. The minimum atomic E-state index is -1.27. The Hall–Kier alpha value is -2.63. The van der Waals surface area contributed by atoms with Crippen molar-refractivity contribution in [1.29, 1.82) is 0 Å². The molecule has 0 radical (unpaired) electrons. The normalized spacial score (nSPS) is 23.8. The monoisotopic (exact) mass is 313 g/mol. The van der Waals surface area contributed by atoms with Gasteiger partial charge in [-0.3, -0.25) is 19.8 Å². The van der Waals surface area contributed by atoms with Crippen LogP contribution in [0.15, 0.2) is 30.9 Å². The number of hydrogen-bond acceptors (Lipinski definition) is 4. The summed E-state index contributed by atoms with van der Waals surface area (Å²) >= 11 is 0. The summed E-state index contributed by atoms with van der Waals surface area (Å²) in [5, 5.41) is 2.32. The number of carbonyl (C=O) groups is 3. The molecule has 2 aliphatic heterocycles. The van der Waals surface area contributed by atoms with Crippen molar-refractivity contribution < 1.29 is 14.4 Å². The predicted molar refractivity (Wildman–Crippen MR) is 86.0 cm³/mol. The first-order valence-electron chi connectivity index (χ1n) is 7.48. The fourth-order valence-electron chi connectivity index (χ4n) is 3.42. The van der Waals surface area contributed by atoms with Gasteiger partial charge in [-0.05, 0) is 25.0 Å². The lowest BCUT2D eigenvalue weighted by atomic mass is 9.74. The van der Waals surface area contributed by atoms with Gasteiger partial charge in [-0.2, -0.15) is 0 Å². The van der Waals surface area contributed by atoms with E-state index in [0.29, 0.717) is 6.42 Å². The zero-order chi connectivity index (χ0) is 16.8. The summed E-state index contributed by atoms with van der Waals surface area (Å²) in [5.74, 6) is -0.975. The maximum absolute atomic E-state index is 12.9. The van der Waals surface area contributed by atoms with Gasteiger partial charge in [-0.1, -0.05) is 23.8 Å². The standard InChI is InChI=1S/C17H19N3O3/c1-4-7-20-15(22)17(14(21)18-16(20)23)9-12-8-11(2)5-6-13(12)19(3)10-17/h4-6,8H,1,7,9-10H2,2-3H3,(H,18,21,23)/t17-/m0/s1. The van der Waals surface area contributed by atoms with Gasteiger partial charge in [-0.15, -0.1) is 6.58 Å². The second-order valence-corrected chi connectivity index (χ2v) is 6.21. The Balaban J connectivity index is 2.07. The number of anilines is 1. The number of imide groups is 2. The number of fused-ring (bicyclic) bond motifs is 1. The number of aryl methyl sites for hydroxylation is 1. The van der Waals surface area contributed by atoms with Crippen LogP contribution in [0.1, 0.15) is 11.1 Å². The fourth-order valence-corrected chi connectivity index (χ4v) is 3.42. The van der Waals surface area contributed by atoms with Gasteiger partial charge >= 0.3 is 6.03 Å². The molecule has 0 bridgehead atoms. The van der Waals surface area contributed by atoms with E-state index in [1.54, 1.807) is 0 Å². The molecular formula is C17H19N3O3. The van der Waals surface area contributed by atoms with Crippen LogP contribution < -0.4 is 10.2 Å². The van der Waals surface area contributed by atoms with E-state index in [2.05, 4.69) is 11.9 Å². The van der Waals surface area contributed by atoms with Crippen molar-refractivity contribution in [3.63, 3.8) is 0 Å². The van der Waals surface area contributed by atoms with Crippen molar-refractivity contribution in [2.75, 3.05) is 25.0 Å². The van der Waals surface area contributed by atoms with Crippen LogP contribution in [0.5, 0.6) is 0 Å². The number of rotatable bonds is 2. The van der Waals surface area contributed by atoms with Crippen molar-refractivity contribution in [3.05, 3.63) is 42.0 Å². The molecule has 1 N–H and O–H groups in total. The van der Waals surface area contributed by atoms with Gasteiger partial charge in [0.05, 0.1) is 0 Å². The number of benzene rings is 1. The molecule has 3 rings (SSSR count). The van der Waals surface area contributed by atoms with Crippen LogP contribution in [-0.4, -0.2) is 42.9 Å². The Labute approximate surface area is 134 Å². The lowest BCUT2D eigenvalue weighted by molar-refractivity contribution is -0.150. The Morgan fingerprint density at radius 1 is 1.35 bits per heavy atom. The summed E-state index contributed by atoms with van der Waals surface area (Å²) in [6.45, 7) is 5.87. The van der Waals surface area contributed by atoms with E-state index in [-0.39, 0.29) is 13.1 Å². The first-order valence-corrected chi connectivity index (χ1v) is 7.48. The Morgan fingerprint density at radius 2 is 2.09 bits per heavy atom. The Morgan fingerprint density at radius 3 is 2.78 bits per heavy atom. The average molecular weight is 313 g/mol. The number of barbiturate groups is 1. The van der Waals surface area contributed by atoms with Gasteiger partial charge in [0.2, 0.25) is 11.8 Å². The van der Waals surface area contributed by atoms with Gasteiger partial charge in [0.1, 0.15) is 5.41 Å². The van der Waals surface area contributed by atoms with Crippen LogP contribution in [0.3, 0.4) is 0 Å². The highest BCUT2D eigenvalue weighted by Gasteiger charge is 2.56. The van der Waals surface area contributed by atoms with E-state index in [1.165, 1.54) is 6.08 Å². The summed E-state index contributed by atoms with van der Waals surface area (Å²) in [7, 11) is 1.85. The summed E-state index contributed by atoms with van der Waals surface area (Å²) in [6, 6.07) is 5.31. The Kier molecular flexibility index (Phi) is 3.47. The Bertz CT molecular complexity index is 728. The van der Waals surface area contributed by atoms with E-state index < -0.39 is 23.3 Å². The van der Waals surface area contributed by atoms with E-state index in [0.717, 1.165) is 21.7 Å². The fraction of sp³-hybridized carbons (Fsp3) is 0.353. The zero-order valence-corrected chi connectivity index (χ0v) is 13.3. The molecule has 1 atom stereocenters. The molecule has 6 heteroatoms. The molecule has 1 aromatic rings. The summed E-state index contributed by atoms with van der Waals surface area (Å²) < 4.78 is 0. The van der Waals surface area contributed by atoms with Crippen molar-refractivity contribution >= 4 is 23.5 Å². The van der Waals surface area contributed by atoms with E-state index in [4.69, 9.17) is 0 Å². The summed E-state index contributed by atoms with van der Waals surface area (Å²) in [6.07, 6.45) is 1.77. The van der Waals surface area contributed by atoms with E-state index >= 15 is 0 Å². The minimum Gasteiger partial charge on any atom is -0.373 e. The highest BCUT2D eigenvalue weighted by Crippen LogP contribution is 2.39. The lowest BCUT2D eigenvalue weighted by Crippen LogP contribution is -2.68. The van der Waals surface area contributed by atoms with Crippen LogP contribution in [-0.2, 0) is 16.0 Å². The lowest BCUT2D eigenvalue weighted by Gasteiger charge is -2.45. The third-order valence-electron chi connectivity index (χ3n) is 4.51. The third kappa shape index (κ3) is 2.21. The third-order valence-corrected chi connectivity index (χ3v) is 4.51. The van der Waals surface area contributed by atoms with Crippen LogP contribution in [0, 0.1) is 12.3 Å². The molecule has 0 unspecified atom stereocenters. The maximum Gasteiger partial charge on any atom is 0.331 e. The van der Waals surface area contributed by atoms with E-state index in [1.807, 2.05) is 37.1 Å². The SMILES string of the molecule is C=CCN1C(=O)NC(=O)[C@@]2(Cc3cc(C)ccc3N(C)C2)C1=O. The topological polar surface area (TPSA) is 69.7 Å². The van der Waals surface area contributed by atoms with Crippen LogP contribution in [0.2, 0.25) is 0 Å². The largest absolute Gasteiger partial charge is 0.373 e. The molecule has 1 fully saturated rings. The van der Waals surface area contributed by atoms with Gasteiger partial charge in [-0.25, -0.2) is 4.79 Å². The number of hydrogen-bond donors (Lipinski definition) is 1. The van der Waals surface area contributed by atoms with Crippen molar-refractivity contribution in [3.8, 4) is 0 Å². The average Bonchev–Trinajstić information content (AvgIpc) is 2.49. The molecule has 23 heavy (non-hydrogen) atoms. The molecule has 2 aliphatic rings. The highest BCUT2D eigenvalue weighted by atomic mass is 16.2. The summed E-state index contributed by atoms with van der Waals surface area (Å²) in [4.78, 5) is 40.4.